The number of ether oxygens (including phenoxy) is 1. The lowest BCUT2D eigenvalue weighted by Gasteiger charge is -2.64. The molecular weight excluding hydrogens is 938 g/mol. The van der Waals surface area contributed by atoms with E-state index in [2.05, 4.69) is 88.9 Å². The summed E-state index contributed by atoms with van der Waals surface area (Å²) in [5.41, 5.74) is 4.85. The quantitative estimate of drug-likeness (QED) is 0.0708. The number of fused-ring (bicyclic) bond motifs is 9. The van der Waals surface area contributed by atoms with E-state index in [-0.39, 0.29) is 95.3 Å². The molecule has 1 aromatic rings. The summed E-state index contributed by atoms with van der Waals surface area (Å²) in [4.78, 5) is 26.4. The van der Waals surface area contributed by atoms with E-state index in [1.807, 2.05) is 13.0 Å². The fourth-order valence-electron chi connectivity index (χ4n) is 17.2. The fraction of sp³-hybridized carbons (Fsp3) is 0.705. The first kappa shape index (κ1) is 55.9. The van der Waals surface area contributed by atoms with Gasteiger partial charge in [0.2, 0.25) is 0 Å². The molecule has 0 aromatic heterocycles. The number of aliphatic hydroxyl groups excluding tert-OH is 2. The van der Waals surface area contributed by atoms with E-state index in [1.54, 1.807) is 12.7 Å². The third kappa shape index (κ3) is 10.6. The lowest BCUT2D eigenvalue weighted by atomic mass is 9.43. The van der Waals surface area contributed by atoms with Crippen molar-refractivity contribution in [1.82, 2.24) is 0 Å². The van der Waals surface area contributed by atoms with E-state index in [0.29, 0.717) is 44.1 Å². The van der Waals surface area contributed by atoms with Gasteiger partial charge in [-0.2, -0.15) is 0 Å². The van der Waals surface area contributed by atoms with Gasteiger partial charge in [0.05, 0.1) is 38.1 Å². The topological polar surface area (TPSA) is 163 Å². The van der Waals surface area contributed by atoms with Crippen LogP contribution < -0.4 is 4.90 Å². The summed E-state index contributed by atoms with van der Waals surface area (Å²) in [5, 5.41) is 41.7. The van der Waals surface area contributed by atoms with Crippen molar-refractivity contribution in [1.29, 1.82) is 0 Å². The number of ketones is 1. The molecule has 0 saturated heterocycles. The van der Waals surface area contributed by atoms with E-state index in [1.165, 1.54) is 28.4 Å². The number of nitrogens with zero attached hydrogens (tertiary/aromatic N) is 1. The Kier molecular flexibility index (Phi) is 17.1. The molecule has 73 heavy (non-hydrogen) atoms. The molecule has 0 amide bonds. The van der Waals surface area contributed by atoms with Crippen molar-refractivity contribution in [2.45, 2.75) is 167 Å². The number of carboxylic acids is 1. The maximum absolute atomic E-state index is 14.0. The van der Waals surface area contributed by atoms with E-state index in [9.17, 15) is 29.5 Å². The zero-order valence-electron chi connectivity index (χ0n) is 45.2. The van der Waals surface area contributed by atoms with Gasteiger partial charge in [0.25, 0.3) is 0 Å². The zero-order chi connectivity index (χ0) is 52.7. The molecule has 0 bridgehead atoms. The Morgan fingerprint density at radius 3 is 2.41 bits per heavy atom. The highest BCUT2D eigenvalue weighted by molar-refractivity contribution is 7.53. The molecule has 17 atom stereocenters. The average Bonchev–Trinajstić information content (AvgIpc) is 3.85. The standard InChI is InChI=1S/C58H82NO9P.C3H6O/c1-9-25-58(64)27-24-47-44-18-14-38-31-41(60)17-19-43(38)53(44)45(35-56(47,58)5)37-12-15-40(16-13-37)59(7)28-30-66-42-23-26-55(4)39(32-42)33-50(68-69(8,65)67-29-10-2)54-48-21-20-46(36(3)11-22-52(62)63)57(48,6)51(61)34-49(54)55;1-2-3-4/h10,12-13,15-16,31,36,39,42,44-51,54,61,64H,2,11,14,17-24,26-30,32-35H2,1,3-8H3,(H,62,63);2,4H,1,3H2/t36-,39+,42+,44?,45-,46-,47?,48+,49+,50-,51+,54+,55+,56+,57-,58+,69?;/m1./s1. The molecule has 3 unspecified atom stereocenters. The van der Waals surface area contributed by atoms with Crippen molar-refractivity contribution in [2.75, 3.05) is 45.0 Å². The lowest BCUT2D eigenvalue weighted by Crippen LogP contribution is -2.62. The Hall–Kier alpha value is -3.33. The van der Waals surface area contributed by atoms with Gasteiger partial charge in [-0.05, 0) is 190 Å². The number of aliphatic hydroxyl groups is 3. The van der Waals surface area contributed by atoms with Crippen LogP contribution >= 0.6 is 7.60 Å². The normalized spacial score (nSPS) is 39.5. The predicted molar refractivity (Wildman–Crippen MR) is 288 cm³/mol. The Morgan fingerprint density at radius 1 is 0.986 bits per heavy atom. The Balaban J connectivity index is 0.00000171. The molecule has 0 radical (unpaired) electrons. The zero-order valence-corrected chi connectivity index (χ0v) is 46.1. The molecule has 402 valence electrons. The SMILES string of the molecule is C=CCO.C=CCOP(C)(=O)O[C@@H]1C[C@@H]2C[C@@H](OCCN(C)c3ccc([C@H]4C[C@@]5(C)C(CC[C@@]5(O)C#CC)C5CCC6=CC(=O)CCC6=C54)cc3)CC[C@]2(C)[C@H]2C[C@H](O)[C@]3(C)[C@@H]([C@H](C)CCC(=O)O)CC[C@H]3[C@H]12. The molecule has 1 aromatic carbocycles. The molecule has 11 nitrogen and oxygen atoms in total. The summed E-state index contributed by atoms with van der Waals surface area (Å²) in [6, 6.07) is 9.07. The number of rotatable bonds is 16. The molecule has 4 N–H and O–H groups in total. The average molecular weight is 1030 g/mol. The van der Waals surface area contributed by atoms with Crippen molar-refractivity contribution in [3.05, 3.63) is 77.9 Å². The van der Waals surface area contributed by atoms with Crippen molar-refractivity contribution in [2.24, 2.45) is 63.6 Å². The van der Waals surface area contributed by atoms with Gasteiger partial charge in [-0.1, -0.05) is 63.5 Å². The van der Waals surface area contributed by atoms with Crippen LogP contribution in [-0.2, 0) is 27.9 Å². The molecule has 0 spiro atoms. The number of hydrogen-bond donors (Lipinski definition) is 4. The second-order valence-electron chi connectivity index (χ2n) is 24.5. The van der Waals surface area contributed by atoms with E-state index < -0.39 is 25.3 Å². The van der Waals surface area contributed by atoms with Gasteiger partial charge in [-0.3, -0.25) is 14.2 Å². The first-order valence-corrected chi connectivity index (χ1v) is 29.9. The summed E-state index contributed by atoms with van der Waals surface area (Å²) >= 11 is 0. The van der Waals surface area contributed by atoms with Crippen LogP contribution in [0.3, 0.4) is 0 Å². The van der Waals surface area contributed by atoms with Crippen molar-refractivity contribution >= 4 is 25.0 Å². The van der Waals surface area contributed by atoms with Crippen molar-refractivity contribution < 1.29 is 48.4 Å². The molecule has 12 heteroatoms. The Labute approximate surface area is 437 Å². The van der Waals surface area contributed by atoms with Crippen molar-refractivity contribution in [3.8, 4) is 11.8 Å². The van der Waals surface area contributed by atoms with Gasteiger partial charge in [0.15, 0.2) is 5.78 Å². The van der Waals surface area contributed by atoms with Crippen LogP contribution in [0.5, 0.6) is 0 Å². The summed E-state index contributed by atoms with van der Waals surface area (Å²) in [6.45, 7) is 21.1. The molecule has 6 saturated carbocycles. The fourth-order valence-corrected chi connectivity index (χ4v) is 18.3. The molecule has 0 heterocycles. The monoisotopic (exact) mass is 1030 g/mol. The summed E-state index contributed by atoms with van der Waals surface area (Å²) < 4.78 is 33.2. The minimum absolute atomic E-state index is 0.0326. The van der Waals surface area contributed by atoms with Crippen LogP contribution in [0, 0.1) is 75.4 Å². The summed E-state index contributed by atoms with van der Waals surface area (Å²) in [5.74, 6) is 7.87. The first-order valence-electron chi connectivity index (χ1n) is 27.9. The Morgan fingerprint density at radius 2 is 1.73 bits per heavy atom. The van der Waals surface area contributed by atoms with Gasteiger partial charge in [0.1, 0.15) is 5.60 Å². The second-order valence-corrected chi connectivity index (χ2v) is 26.5. The number of benzene rings is 1. The number of anilines is 1. The smallest absolute Gasteiger partial charge is 0.328 e. The number of carboxylic acid groups (broad SMARTS) is 1. The summed E-state index contributed by atoms with van der Waals surface area (Å²) in [6.07, 6.45) is 17.0. The van der Waals surface area contributed by atoms with E-state index in [4.69, 9.17) is 18.9 Å². The molecular formula is C61H88NO10P. The maximum atomic E-state index is 14.0. The van der Waals surface area contributed by atoms with Crippen molar-refractivity contribution in [3.63, 3.8) is 0 Å². The number of allylic oxidation sites excluding steroid dienone is 4. The third-order valence-corrected chi connectivity index (χ3v) is 22.2. The van der Waals surface area contributed by atoms with Gasteiger partial charge in [-0.15, -0.1) is 19.1 Å². The van der Waals surface area contributed by atoms with E-state index >= 15 is 0 Å². The molecule has 8 aliphatic rings. The van der Waals surface area contributed by atoms with Gasteiger partial charge < -0.3 is 39.1 Å². The largest absolute Gasteiger partial charge is 0.481 e. The van der Waals surface area contributed by atoms with Crippen LogP contribution in [0.1, 0.15) is 149 Å². The highest BCUT2D eigenvalue weighted by Crippen LogP contribution is 2.71. The third-order valence-electron chi connectivity index (χ3n) is 20.9. The predicted octanol–water partition coefficient (Wildman–Crippen LogP) is 11.5. The number of carbonyl (C=O) groups excluding carboxylic acids is 1. The summed E-state index contributed by atoms with van der Waals surface area (Å²) in [7, 11) is -1.29. The number of likely N-dealkylation sites (N-methyl/N-ethyl adjacent to an activating group) is 1. The number of aliphatic carboxylic acids is 1. The number of carbonyl (C=O) groups is 2. The van der Waals surface area contributed by atoms with Crippen LogP contribution in [0.2, 0.25) is 0 Å². The van der Waals surface area contributed by atoms with Gasteiger partial charge in [-0.25, -0.2) is 0 Å². The molecule has 6 fully saturated rings. The maximum Gasteiger partial charge on any atom is 0.328 e. The highest BCUT2D eigenvalue weighted by atomic mass is 31.2. The van der Waals surface area contributed by atoms with Gasteiger partial charge in [0, 0.05) is 50.1 Å². The minimum Gasteiger partial charge on any atom is -0.481 e. The van der Waals surface area contributed by atoms with Crippen LogP contribution in [0.15, 0.2) is 72.4 Å². The molecule has 9 rings (SSSR count). The second kappa shape index (κ2) is 22.3. The number of hydrogen-bond acceptors (Lipinski definition) is 10. The van der Waals surface area contributed by atoms with Crippen LogP contribution in [-0.4, -0.2) is 96.2 Å². The lowest BCUT2D eigenvalue weighted by molar-refractivity contribution is -0.205. The molecule has 0 aliphatic heterocycles. The van der Waals surface area contributed by atoms with Crippen LogP contribution in [0.4, 0.5) is 5.69 Å². The van der Waals surface area contributed by atoms with Crippen LogP contribution in [0.25, 0.3) is 0 Å². The van der Waals surface area contributed by atoms with Gasteiger partial charge >= 0.3 is 13.6 Å². The molecule has 8 aliphatic carbocycles. The Bertz CT molecular complexity index is 2390. The highest BCUT2D eigenvalue weighted by Gasteiger charge is 2.67. The van der Waals surface area contributed by atoms with E-state index in [0.717, 1.165) is 82.9 Å². The first-order chi connectivity index (χ1) is 34.7. The minimum atomic E-state index is -3.42.